The molecule has 1 spiro atoms. The summed E-state index contributed by atoms with van der Waals surface area (Å²) >= 11 is 0. The van der Waals surface area contributed by atoms with Gasteiger partial charge in [0.25, 0.3) is 5.91 Å². The van der Waals surface area contributed by atoms with E-state index in [2.05, 4.69) is 5.32 Å². The molecule has 0 saturated carbocycles. The highest BCUT2D eigenvalue weighted by molar-refractivity contribution is 6.09. The molecule has 0 radical (unpaired) electrons. The fourth-order valence-corrected chi connectivity index (χ4v) is 4.51. The van der Waals surface area contributed by atoms with E-state index in [9.17, 15) is 14.4 Å². The maximum absolute atomic E-state index is 13.2. The van der Waals surface area contributed by atoms with Gasteiger partial charge in [-0.1, -0.05) is 37.1 Å². The molecule has 2 heterocycles. The van der Waals surface area contributed by atoms with E-state index in [4.69, 9.17) is 0 Å². The molecule has 4 rings (SSSR count). The minimum absolute atomic E-state index is 0.128. The van der Waals surface area contributed by atoms with Gasteiger partial charge in [-0.3, -0.25) is 14.5 Å². The lowest BCUT2D eigenvalue weighted by Gasteiger charge is -2.33. The Morgan fingerprint density at radius 1 is 1.04 bits per heavy atom. The van der Waals surface area contributed by atoms with Crippen LogP contribution in [0.2, 0.25) is 0 Å². The average molecular weight is 355 g/mol. The summed E-state index contributed by atoms with van der Waals surface area (Å²) < 4.78 is 0. The first-order chi connectivity index (χ1) is 12.6. The summed E-state index contributed by atoms with van der Waals surface area (Å²) in [7, 11) is 0. The van der Waals surface area contributed by atoms with E-state index in [1.54, 1.807) is 4.90 Å². The van der Waals surface area contributed by atoms with Crippen LogP contribution in [0.15, 0.2) is 24.3 Å². The molecule has 0 unspecified atom stereocenters. The number of nitrogens with one attached hydrogen (secondary N) is 1. The van der Waals surface area contributed by atoms with E-state index in [0.717, 1.165) is 67.6 Å². The number of rotatable bonds is 2. The average Bonchev–Trinajstić information content (AvgIpc) is 2.86. The summed E-state index contributed by atoms with van der Waals surface area (Å²) in [6.07, 6.45) is 6.58. The van der Waals surface area contributed by atoms with Crippen molar-refractivity contribution >= 4 is 17.8 Å². The monoisotopic (exact) mass is 355 g/mol. The largest absolute Gasteiger partial charge is 0.341 e. The van der Waals surface area contributed by atoms with E-state index >= 15 is 0 Å². The molecule has 1 N–H and O–H groups in total. The number of amides is 4. The van der Waals surface area contributed by atoms with Crippen molar-refractivity contribution in [2.24, 2.45) is 0 Å². The van der Waals surface area contributed by atoms with Gasteiger partial charge in [0.15, 0.2) is 0 Å². The van der Waals surface area contributed by atoms with Crippen LogP contribution in [0, 0.1) is 0 Å². The zero-order valence-corrected chi connectivity index (χ0v) is 15.0. The van der Waals surface area contributed by atoms with Crippen LogP contribution in [0.1, 0.15) is 49.7 Å². The zero-order chi connectivity index (χ0) is 18.1. The second-order valence-electron chi connectivity index (χ2n) is 7.53. The molecular weight excluding hydrogens is 330 g/mol. The Bertz CT molecular complexity index is 740. The number of imide groups is 1. The normalized spacial score (nSPS) is 25.8. The first-order valence-electron chi connectivity index (χ1n) is 9.62. The van der Waals surface area contributed by atoms with Gasteiger partial charge in [-0.25, -0.2) is 4.79 Å². The highest BCUT2D eigenvalue weighted by Gasteiger charge is 2.54. The van der Waals surface area contributed by atoms with Crippen LogP contribution < -0.4 is 5.32 Å². The minimum atomic E-state index is -0.995. The van der Waals surface area contributed by atoms with Gasteiger partial charge in [0, 0.05) is 13.1 Å². The van der Waals surface area contributed by atoms with Gasteiger partial charge in [0.2, 0.25) is 5.91 Å². The van der Waals surface area contributed by atoms with Crippen molar-refractivity contribution in [1.82, 2.24) is 15.1 Å². The van der Waals surface area contributed by atoms with Gasteiger partial charge >= 0.3 is 6.03 Å². The standard InChI is InChI=1S/C20H25N3O3/c24-17(22-12-5-1-2-6-13-22)14-23-18(25)20(21-19(23)26)11-7-9-15-8-3-4-10-16(15)20/h3-4,8,10H,1-2,5-7,9,11-14H2,(H,21,26)/t20-/m0/s1. The molecular formula is C20H25N3O3. The molecule has 1 atom stereocenters. The van der Waals surface area contributed by atoms with E-state index in [0.29, 0.717) is 6.42 Å². The second-order valence-corrected chi connectivity index (χ2v) is 7.53. The molecule has 1 aromatic carbocycles. The number of carbonyl (C=O) groups is 3. The number of fused-ring (bicyclic) bond motifs is 2. The number of urea groups is 1. The summed E-state index contributed by atoms with van der Waals surface area (Å²) in [4.78, 5) is 41.4. The molecule has 6 nitrogen and oxygen atoms in total. The Morgan fingerprint density at radius 3 is 2.54 bits per heavy atom. The molecule has 1 aliphatic carbocycles. The van der Waals surface area contributed by atoms with E-state index in [-0.39, 0.29) is 18.4 Å². The van der Waals surface area contributed by atoms with Gasteiger partial charge in [-0.2, -0.15) is 0 Å². The lowest BCUT2D eigenvalue weighted by atomic mass is 9.76. The molecule has 3 aliphatic rings. The summed E-state index contributed by atoms with van der Waals surface area (Å²) in [6, 6.07) is 7.35. The molecule has 26 heavy (non-hydrogen) atoms. The van der Waals surface area contributed by atoms with E-state index in [1.807, 2.05) is 24.3 Å². The summed E-state index contributed by atoms with van der Waals surface area (Å²) in [5.74, 6) is -0.408. The van der Waals surface area contributed by atoms with Crippen molar-refractivity contribution in [3.05, 3.63) is 35.4 Å². The van der Waals surface area contributed by atoms with Crippen molar-refractivity contribution in [3.8, 4) is 0 Å². The number of aryl methyl sites for hydroxylation is 1. The van der Waals surface area contributed by atoms with Crippen LogP contribution in [0.4, 0.5) is 4.79 Å². The van der Waals surface area contributed by atoms with Crippen LogP contribution >= 0.6 is 0 Å². The van der Waals surface area contributed by atoms with Gasteiger partial charge in [0.1, 0.15) is 12.1 Å². The predicted molar refractivity (Wildman–Crippen MR) is 96.4 cm³/mol. The van der Waals surface area contributed by atoms with Crippen LogP contribution in [-0.4, -0.2) is 47.3 Å². The SMILES string of the molecule is O=C(CN1C(=O)N[C@]2(CCCc3ccccc32)C1=O)N1CCCCCC1. The maximum atomic E-state index is 13.2. The Hall–Kier alpha value is -2.37. The minimum Gasteiger partial charge on any atom is -0.341 e. The molecule has 2 fully saturated rings. The molecule has 2 saturated heterocycles. The van der Waals surface area contributed by atoms with Crippen molar-refractivity contribution < 1.29 is 14.4 Å². The number of benzene rings is 1. The number of hydrogen-bond donors (Lipinski definition) is 1. The van der Waals surface area contributed by atoms with Gasteiger partial charge in [-0.05, 0) is 43.2 Å². The second kappa shape index (κ2) is 6.74. The molecule has 4 amide bonds. The Balaban J connectivity index is 1.56. The van der Waals surface area contributed by atoms with Crippen molar-refractivity contribution in [2.75, 3.05) is 19.6 Å². The fraction of sp³-hybridized carbons (Fsp3) is 0.550. The predicted octanol–water partition coefficient (Wildman–Crippen LogP) is 2.17. The summed E-state index contributed by atoms with van der Waals surface area (Å²) in [6.45, 7) is 1.28. The molecule has 0 aromatic heterocycles. The van der Waals surface area contributed by atoms with Gasteiger partial charge in [-0.15, -0.1) is 0 Å². The maximum Gasteiger partial charge on any atom is 0.325 e. The fourth-order valence-electron chi connectivity index (χ4n) is 4.51. The first-order valence-corrected chi connectivity index (χ1v) is 9.62. The van der Waals surface area contributed by atoms with Gasteiger partial charge < -0.3 is 10.2 Å². The zero-order valence-electron chi connectivity index (χ0n) is 15.0. The number of likely N-dealkylation sites (tertiary alicyclic amines) is 1. The third-order valence-corrected chi connectivity index (χ3v) is 5.90. The smallest absolute Gasteiger partial charge is 0.325 e. The summed E-state index contributed by atoms with van der Waals surface area (Å²) in [5, 5.41) is 2.91. The van der Waals surface area contributed by atoms with Crippen molar-refractivity contribution in [1.29, 1.82) is 0 Å². The summed E-state index contributed by atoms with van der Waals surface area (Å²) in [5.41, 5.74) is 0.993. The lowest BCUT2D eigenvalue weighted by molar-refractivity contribution is -0.139. The van der Waals surface area contributed by atoms with Crippen LogP contribution in [0.25, 0.3) is 0 Å². The first kappa shape index (κ1) is 17.1. The molecule has 138 valence electrons. The number of nitrogens with zero attached hydrogens (tertiary/aromatic N) is 2. The topological polar surface area (TPSA) is 69.7 Å². The third kappa shape index (κ3) is 2.77. The Labute approximate surface area is 153 Å². The molecule has 0 bridgehead atoms. The van der Waals surface area contributed by atoms with Crippen LogP contribution in [0.3, 0.4) is 0 Å². The van der Waals surface area contributed by atoms with Crippen LogP contribution in [0.5, 0.6) is 0 Å². The van der Waals surface area contributed by atoms with E-state index < -0.39 is 11.6 Å². The van der Waals surface area contributed by atoms with Crippen molar-refractivity contribution in [3.63, 3.8) is 0 Å². The highest BCUT2D eigenvalue weighted by atomic mass is 16.2. The highest BCUT2D eigenvalue weighted by Crippen LogP contribution is 2.39. The Morgan fingerprint density at radius 2 is 1.77 bits per heavy atom. The third-order valence-electron chi connectivity index (χ3n) is 5.90. The van der Waals surface area contributed by atoms with Crippen molar-refractivity contribution in [2.45, 2.75) is 50.5 Å². The van der Waals surface area contributed by atoms with Gasteiger partial charge in [0.05, 0.1) is 0 Å². The lowest BCUT2D eigenvalue weighted by Crippen LogP contribution is -2.47. The molecule has 6 heteroatoms. The quantitative estimate of drug-likeness (QED) is 0.827. The molecule has 1 aromatic rings. The Kier molecular flexibility index (Phi) is 4.42. The van der Waals surface area contributed by atoms with Crippen LogP contribution in [-0.2, 0) is 21.5 Å². The number of carbonyl (C=O) groups excluding carboxylic acids is 3. The van der Waals surface area contributed by atoms with E-state index in [1.165, 1.54) is 0 Å². The number of hydrogen-bond acceptors (Lipinski definition) is 3. The molecule has 2 aliphatic heterocycles.